The number of nitrogens with two attached hydrogens (primary N) is 1. The Morgan fingerprint density at radius 3 is 2.14 bits per heavy atom. The number of aromatic carboxylic acids is 1. The van der Waals surface area contributed by atoms with Crippen molar-refractivity contribution in [1.82, 2.24) is 0 Å². The van der Waals surface area contributed by atoms with Crippen LogP contribution in [0, 0.1) is 5.41 Å². The number of benzene rings is 3. The summed E-state index contributed by atoms with van der Waals surface area (Å²) in [6.07, 6.45) is 0.715. The summed E-state index contributed by atoms with van der Waals surface area (Å²) < 4.78 is 31.3. The molecular formula is C24H25N3O8S. The van der Waals surface area contributed by atoms with Crippen molar-refractivity contribution in [2.45, 2.75) is 0 Å². The van der Waals surface area contributed by atoms with Gasteiger partial charge in [-0.15, -0.1) is 0 Å². The van der Waals surface area contributed by atoms with Crippen LogP contribution in [-0.2, 0) is 10.1 Å². The first-order chi connectivity index (χ1) is 16.9. The number of aliphatic hydroxyl groups excluding tert-OH is 1. The molecule has 11 nitrogen and oxygen atoms in total. The molecule has 0 fully saturated rings. The van der Waals surface area contributed by atoms with E-state index in [0.29, 0.717) is 34.4 Å². The van der Waals surface area contributed by atoms with Crippen molar-refractivity contribution >= 4 is 33.5 Å². The molecule has 0 aromatic heterocycles. The van der Waals surface area contributed by atoms with Gasteiger partial charge in [0.15, 0.2) is 0 Å². The van der Waals surface area contributed by atoms with Crippen molar-refractivity contribution in [3.8, 4) is 16.9 Å². The van der Waals surface area contributed by atoms with Crippen LogP contribution >= 0.6 is 0 Å². The number of ether oxygens (including phenoxy) is 1. The van der Waals surface area contributed by atoms with Crippen LogP contribution < -0.4 is 15.8 Å². The average Bonchev–Trinajstić information content (AvgIpc) is 2.81. The van der Waals surface area contributed by atoms with E-state index in [0.717, 1.165) is 0 Å². The zero-order valence-corrected chi connectivity index (χ0v) is 20.0. The number of amidine groups is 1. The third kappa shape index (κ3) is 8.51. The van der Waals surface area contributed by atoms with Gasteiger partial charge in [0.2, 0.25) is 0 Å². The van der Waals surface area contributed by atoms with Gasteiger partial charge in [0.05, 0.1) is 24.0 Å². The molecule has 0 radical (unpaired) electrons. The maximum Gasteiger partial charge on any atom is 0.336 e. The highest BCUT2D eigenvalue weighted by Gasteiger charge is 2.19. The third-order valence-electron chi connectivity index (χ3n) is 4.50. The van der Waals surface area contributed by atoms with Gasteiger partial charge in [-0.05, 0) is 59.7 Å². The number of anilines is 1. The Balaban J connectivity index is 0.000000830. The first kappa shape index (κ1) is 28.0. The van der Waals surface area contributed by atoms with Crippen LogP contribution in [0.1, 0.15) is 26.3 Å². The first-order valence-corrected chi connectivity index (χ1v) is 12.1. The average molecular weight is 516 g/mol. The third-order valence-corrected chi connectivity index (χ3v) is 4.50. The molecule has 0 aliphatic carbocycles. The Morgan fingerprint density at radius 2 is 1.58 bits per heavy atom. The molecule has 0 saturated carbocycles. The molecule has 3 aromatic carbocycles. The zero-order valence-electron chi connectivity index (χ0n) is 19.1. The number of hydrogen-bond donors (Lipinski definition) is 6. The van der Waals surface area contributed by atoms with Crippen LogP contribution in [0.2, 0.25) is 0 Å². The highest BCUT2D eigenvalue weighted by atomic mass is 32.2. The van der Waals surface area contributed by atoms with Crippen molar-refractivity contribution in [3.63, 3.8) is 0 Å². The maximum absolute atomic E-state index is 13.1. The molecule has 0 saturated heterocycles. The minimum atomic E-state index is -3.67. The highest BCUT2D eigenvalue weighted by molar-refractivity contribution is 7.85. The normalized spacial score (nSPS) is 10.5. The summed E-state index contributed by atoms with van der Waals surface area (Å²) in [7, 11) is -3.67. The van der Waals surface area contributed by atoms with Gasteiger partial charge in [0.25, 0.3) is 16.0 Å². The molecule has 0 aliphatic rings. The number of carboxylic acid groups (broad SMARTS) is 1. The van der Waals surface area contributed by atoms with E-state index in [-0.39, 0.29) is 30.2 Å². The van der Waals surface area contributed by atoms with Gasteiger partial charge in [-0.1, -0.05) is 18.2 Å². The van der Waals surface area contributed by atoms with E-state index in [2.05, 4.69) is 5.32 Å². The zero-order chi connectivity index (χ0) is 26.9. The predicted molar refractivity (Wildman–Crippen MR) is 134 cm³/mol. The number of carboxylic acids is 1. The minimum Gasteiger partial charge on any atom is -0.491 e. The van der Waals surface area contributed by atoms with Crippen LogP contribution in [0.3, 0.4) is 0 Å². The van der Waals surface area contributed by atoms with E-state index in [4.69, 9.17) is 25.5 Å². The van der Waals surface area contributed by atoms with Gasteiger partial charge in [0, 0.05) is 11.3 Å². The standard InChI is InChI=1S/C23H21N3O5.CH4O3S/c24-21(25)14-5-7-15(8-6-14)26-22(28)20-13-16(31-12-11-27)9-10-18(20)17-3-1-2-4-19(17)23(29)30;1-5(2,3)4/h1-10,13,27H,11-12H2,(H3,24,25)(H,26,28)(H,29,30);1H3,(H,2,3,4). The number of nitrogens with one attached hydrogen (secondary N) is 2. The van der Waals surface area contributed by atoms with E-state index in [9.17, 15) is 23.1 Å². The van der Waals surface area contributed by atoms with Gasteiger partial charge in [0.1, 0.15) is 18.2 Å². The molecule has 7 N–H and O–H groups in total. The fraction of sp³-hybridized carbons (Fsp3) is 0.125. The molecule has 36 heavy (non-hydrogen) atoms. The van der Waals surface area contributed by atoms with Crippen molar-refractivity contribution < 1.29 is 37.5 Å². The summed E-state index contributed by atoms with van der Waals surface area (Å²) >= 11 is 0. The molecule has 0 heterocycles. The Kier molecular flexibility index (Phi) is 9.67. The smallest absolute Gasteiger partial charge is 0.336 e. The molecule has 0 unspecified atom stereocenters. The molecular weight excluding hydrogens is 490 g/mol. The lowest BCUT2D eigenvalue weighted by atomic mass is 9.94. The number of aliphatic hydroxyl groups is 1. The van der Waals surface area contributed by atoms with E-state index in [1.54, 1.807) is 54.6 Å². The fourth-order valence-electron chi connectivity index (χ4n) is 3.04. The summed E-state index contributed by atoms with van der Waals surface area (Å²) in [6.45, 7) is -0.133. The largest absolute Gasteiger partial charge is 0.491 e. The highest BCUT2D eigenvalue weighted by Crippen LogP contribution is 2.31. The number of nitrogen functional groups attached to an aromatic ring is 1. The first-order valence-electron chi connectivity index (χ1n) is 10.3. The van der Waals surface area contributed by atoms with Gasteiger partial charge in [-0.25, -0.2) is 4.79 Å². The van der Waals surface area contributed by atoms with E-state index in [1.807, 2.05) is 0 Å². The molecule has 0 aliphatic heterocycles. The maximum atomic E-state index is 13.1. The van der Waals surface area contributed by atoms with Crippen LogP contribution in [0.4, 0.5) is 5.69 Å². The summed E-state index contributed by atoms with van der Waals surface area (Å²) in [5.74, 6) is -1.30. The lowest BCUT2D eigenvalue weighted by molar-refractivity contribution is 0.0697. The second-order valence-corrected chi connectivity index (χ2v) is 8.77. The number of amides is 1. The number of carbonyl (C=O) groups excluding carboxylic acids is 1. The van der Waals surface area contributed by atoms with Crippen molar-refractivity contribution in [2.24, 2.45) is 5.73 Å². The van der Waals surface area contributed by atoms with Crippen LogP contribution in [0.15, 0.2) is 66.7 Å². The summed E-state index contributed by atoms with van der Waals surface area (Å²) in [6, 6.07) is 17.6. The topological polar surface area (TPSA) is 200 Å². The van der Waals surface area contributed by atoms with Gasteiger partial charge in [-0.3, -0.25) is 14.8 Å². The molecule has 1 amide bonds. The SMILES string of the molecule is CS(=O)(=O)O.N=C(N)c1ccc(NC(=O)c2cc(OCCO)ccc2-c2ccccc2C(=O)O)cc1. The number of rotatable bonds is 8. The molecule has 3 aromatic rings. The van der Waals surface area contributed by atoms with E-state index < -0.39 is 22.0 Å². The second kappa shape index (κ2) is 12.4. The predicted octanol–water partition coefficient (Wildman–Crippen LogP) is 2.46. The quantitative estimate of drug-likeness (QED) is 0.148. The Labute approximate surface area is 207 Å². The van der Waals surface area contributed by atoms with Crippen LogP contribution in [0.5, 0.6) is 5.75 Å². The molecule has 0 bridgehead atoms. The summed E-state index contributed by atoms with van der Waals surface area (Å²) in [5, 5.41) is 28.8. The molecule has 12 heteroatoms. The fourth-order valence-corrected chi connectivity index (χ4v) is 3.04. The summed E-state index contributed by atoms with van der Waals surface area (Å²) in [4.78, 5) is 24.8. The van der Waals surface area contributed by atoms with Crippen LogP contribution in [0.25, 0.3) is 11.1 Å². The second-order valence-electron chi connectivity index (χ2n) is 7.31. The Hall–Kier alpha value is -4.26. The minimum absolute atomic E-state index is 0.0542. The molecule has 0 atom stereocenters. The van der Waals surface area contributed by atoms with Gasteiger partial charge < -0.3 is 26.0 Å². The lowest BCUT2D eigenvalue weighted by Crippen LogP contribution is -2.15. The molecule has 190 valence electrons. The van der Waals surface area contributed by atoms with Gasteiger partial charge >= 0.3 is 5.97 Å². The Bertz CT molecular complexity index is 1350. The van der Waals surface area contributed by atoms with E-state index >= 15 is 0 Å². The van der Waals surface area contributed by atoms with Crippen LogP contribution in [-0.4, -0.2) is 60.4 Å². The molecule has 3 rings (SSSR count). The van der Waals surface area contributed by atoms with Crippen molar-refractivity contribution in [2.75, 3.05) is 24.8 Å². The number of carbonyl (C=O) groups is 2. The molecule has 0 spiro atoms. The number of hydrogen-bond acceptors (Lipinski definition) is 7. The van der Waals surface area contributed by atoms with Crippen molar-refractivity contribution in [1.29, 1.82) is 5.41 Å². The monoisotopic (exact) mass is 515 g/mol. The lowest BCUT2D eigenvalue weighted by Gasteiger charge is -2.15. The Morgan fingerprint density at radius 1 is 1.00 bits per heavy atom. The van der Waals surface area contributed by atoms with Gasteiger partial charge in [-0.2, -0.15) is 8.42 Å². The van der Waals surface area contributed by atoms with Crippen molar-refractivity contribution in [3.05, 3.63) is 83.4 Å². The summed E-state index contributed by atoms with van der Waals surface area (Å²) in [5.41, 5.74) is 7.54. The van der Waals surface area contributed by atoms with E-state index in [1.165, 1.54) is 12.1 Å².